The van der Waals surface area contributed by atoms with Crippen molar-refractivity contribution in [1.29, 1.82) is 0 Å². The third kappa shape index (κ3) is 4.03. The largest absolute Gasteiger partial charge is 0.361 e. The lowest BCUT2D eigenvalue weighted by molar-refractivity contribution is -0.119. The second-order valence-corrected chi connectivity index (χ2v) is 8.24. The summed E-state index contributed by atoms with van der Waals surface area (Å²) in [6.07, 6.45) is 2.80. The fourth-order valence-corrected chi connectivity index (χ4v) is 4.27. The first kappa shape index (κ1) is 16.7. The number of carbonyl (C=O) groups is 1. The first-order valence-corrected chi connectivity index (χ1v) is 9.75. The monoisotopic (exact) mass is 348 g/mol. The van der Waals surface area contributed by atoms with E-state index in [0.29, 0.717) is 11.5 Å². The highest BCUT2D eigenvalue weighted by Gasteiger charge is 2.24. The average Bonchev–Trinajstić information content (AvgIpc) is 2.91. The Balaban J connectivity index is 1.63. The van der Waals surface area contributed by atoms with Crippen molar-refractivity contribution in [2.24, 2.45) is 0 Å². The molecule has 0 bridgehead atoms. The van der Waals surface area contributed by atoms with Crippen LogP contribution in [-0.4, -0.2) is 25.2 Å². The molecule has 0 saturated heterocycles. The molecule has 2 aromatic rings. The van der Waals surface area contributed by atoms with Gasteiger partial charge in [-0.15, -0.1) is 0 Å². The predicted octanol–water partition coefficient (Wildman–Crippen LogP) is 2.09. The Bertz CT molecular complexity index is 842. The van der Waals surface area contributed by atoms with Crippen molar-refractivity contribution in [2.45, 2.75) is 38.0 Å². The van der Waals surface area contributed by atoms with E-state index in [1.165, 1.54) is 5.56 Å². The molecule has 1 aliphatic rings. The van der Waals surface area contributed by atoms with Crippen LogP contribution in [-0.2, 0) is 26.8 Å². The maximum absolute atomic E-state index is 12.2. The lowest BCUT2D eigenvalue weighted by Crippen LogP contribution is -2.35. The van der Waals surface area contributed by atoms with Crippen LogP contribution in [0.15, 0.2) is 34.9 Å². The molecule has 128 valence electrons. The Morgan fingerprint density at radius 2 is 2.17 bits per heavy atom. The van der Waals surface area contributed by atoms with Gasteiger partial charge in [0, 0.05) is 6.07 Å². The summed E-state index contributed by atoms with van der Waals surface area (Å²) >= 11 is 0. The third-order valence-electron chi connectivity index (χ3n) is 4.10. The normalized spacial score (nSPS) is 17.3. The van der Waals surface area contributed by atoms with Crippen molar-refractivity contribution in [3.05, 3.63) is 52.9 Å². The number of sulfone groups is 1. The summed E-state index contributed by atoms with van der Waals surface area (Å²) in [7, 11) is -3.58. The van der Waals surface area contributed by atoms with Gasteiger partial charge in [0.2, 0.25) is 5.91 Å². The molecule has 1 amide bonds. The van der Waals surface area contributed by atoms with Crippen molar-refractivity contribution < 1.29 is 17.7 Å². The number of nitrogens with one attached hydrogen (secondary N) is 1. The van der Waals surface area contributed by atoms with Gasteiger partial charge in [-0.3, -0.25) is 4.79 Å². The molecule has 1 aromatic heterocycles. The van der Waals surface area contributed by atoms with Crippen LogP contribution in [0.1, 0.15) is 41.5 Å². The first-order chi connectivity index (χ1) is 11.4. The number of carbonyl (C=O) groups excluding carboxylic acids is 1. The van der Waals surface area contributed by atoms with E-state index in [1.807, 2.05) is 18.2 Å². The maximum atomic E-state index is 12.2. The predicted molar refractivity (Wildman–Crippen MR) is 89.0 cm³/mol. The zero-order chi connectivity index (χ0) is 17.2. The van der Waals surface area contributed by atoms with E-state index in [1.54, 1.807) is 13.0 Å². The van der Waals surface area contributed by atoms with Gasteiger partial charge in [0.05, 0.1) is 17.5 Å². The van der Waals surface area contributed by atoms with Gasteiger partial charge in [0.1, 0.15) is 11.5 Å². The standard InChI is InChI=1S/C17H20N2O4S/c1-12-9-14(19-23-12)10-24(21,22)11-17(20)18-16-8-4-6-13-5-2-3-7-15(13)16/h2-3,5,7,9,16H,4,6,8,10-11H2,1H3,(H,18,20)/t16-/m1/s1. The summed E-state index contributed by atoms with van der Waals surface area (Å²) in [4.78, 5) is 12.2. The van der Waals surface area contributed by atoms with Crippen molar-refractivity contribution in [1.82, 2.24) is 10.5 Å². The molecule has 7 heteroatoms. The lowest BCUT2D eigenvalue weighted by Gasteiger charge is -2.26. The number of benzene rings is 1. The summed E-state index contributed by atoms with van der Waals surface area (Å²) in [5, 5.41) is 6.53. The van der Waals surface area contributed by atoms with Gasteiger partial charge >= 0.3 is 0 Å². The van der Waals surface area contributed by atoms with Crippen molar-refractivity contribution in [3.63, 3.8) is 0 Å². The van der Waals surface area contributed by atoms with Gasteiger partial charge < -0.3 is 9.84 Å². The van der Waals surface area contributed by atoms with Crippen LogP contribution in [0.2, 0.25) is 0 Å². The Morgan fingerprint density at radius 1 is 1.38 bits per heavy atom. The van der Waals surface area contributed by atoms with Crippen LogP contribution in [0.3, 0.4) is 0 Å². The van der Waals surface area contributed by atoms with E-state index in [0.717, 1.165) is 24.8 Å². The number of aryl methyl sites for hydroxylation is 2. The van der Waals surface area contributed by atoms with Gasteiger partial charge in [-0.25, -0.2) is 8.42 Å². The smallest absolute Gasteiger partial charge is 0.235 e. The molecule has 1 N–H and O–H groups in total. The molecule has 0 saturated carbocycles. The molecule has 1 heterocycles. The van der Waals surface area contributed by atoms with Crippen molar-refractivity contribution in [2.75, 3.05) is 5.75 Å². The first-order valence-electron chi connectivity index (χ1n) is 7.93. The van der Waals surface area contributed by atoms with Crippen LogP contribution in [0.5, 0.6) is 0 Å². The second-order valence-electron chi connectivity index (χ2n) is 6.17. The minimum Gasteiger partial charge on any atom is -0.361 e. The molecule has 0 fully saturated rings. The molecule has 0 aliphatic heterocycles. The molecule has 1 aromatic carbocycles. The highest BCUT2D eigenvalue weighted by atomic mass is 32.2. The van der Waals surface area contributed by atoms with Crippen molar-refractivity contribution >= 4 is 15.7 Å². The van der Waals surface area contributed by atoms with Crippen LogP contribution in [0.25, 0.3) is 0 Å². The number of nitrogens with zero attached hydrogens (tertiary/aromatic N) is 1. The van der Waals surface area contributed by atoms with E-state index in [2.05, 4.69) is 16.5 Å². The van der Waals surface area contributed by atoms with Crippen molar-refractivity contribution in [3.8, 4) is 0 Å². The maximum Gasteiger partial charge on any atom is 0.235 e. The van der Waals surface area contributed by atoms with Crippen LogP contribution < -0.4 is 5.32 Å². The number of rotatable bonds is 5. The van der Waals surface area contributed by atoms with E-state index in [4.69, 9.17) is 4.52 Å². The highest BCUT2D eigenvalue weighted by Crippen LogP contribution is 2.29. The minimum absolute atomic E-state index is 0.119. The molecule has 6 nitrogen and oxygen atoms in total. The average molecular weight is 348 g/mol. The second kappa shape index (κ2) is 6.76. The molecule has 0 unspecified atom stereocenters. The molecule has 1 atom stereocenters. The van der Waals surface area contributed by atoms with Gasteiger partial charge in [-0.2, -0.15) is 0 Å². The SMILES string of the molecule is Cc1cc(CS(=O)(=O)CC(=O)N[C@@H]2CCCc3ccccc32)no1. The zero-order valence-electron chi connectivity index (χ0n) is 13.5. The van der Waals surface area contributed by atoms with Crippen LogP contribution in [0.4, 0.5) is 0 Å². The Kier molecular flexibility index (Phi) is 4.71. The topological polar surface area (TPSA) is 89.3 Å². The molecule has 1 aliphatic carbocycles. The quantitative estimate of drug-likeness (QED) is 0.894. The molecule has 24 heavy (non-hydrogen) atoms. The third-order valence-corrected chi connectivity index (χ3v) is 5.54. The molecule has 0 radical (unpaired) electrons. The van der Waals surface area contributed by atoms with Gasteiger partial charge in [0.25, 0.3) is 0 Å². The lowest BCUT2D eigenvalue weighted by atomic mass is 9.88. The fraction of sp³-hybridized carbons (Fsp3) is 0.412. The Hall–Kier alpha value is -2.15. The van der Waals surface area contributed by atoms with Gasteiger partial charge in [-0.1, -0.05) is 29.4 Å². The van der Waals surface area contributed by atoms with E-state index < -0.39 is 21.5 Å². The molecule has 0 spiro atoms. The Labute approximate surface area is 141 Å². The molecular formula is C17H20N2O4S. The Morgan fingerprint density at radius 3 is 2.92 bits per heavy atom. The van der Waals surface area contributed by atoms with Crippen LogP contribution >= 0.6 is 0 Å². The summed E-state index contributed by atoms with van der Waals surface area (Å²) in [6.45, 7) is 1.69. The zero-order valence-corrected chi connectivity index (χ0v) is 14.3. The van der Waals surface area contributed by atoms with E-state index >= 15 is 0 Å². The molecule has 3 rings (SSSR count). The minimum atomic E-state index is -3.58. The number of amides is 1. The van der Waals surface area contributed by atoms with Gasteiger partial charge in [0.15, 0.2) is 9.84 Å². The number of fused-ring (bicyclic) bond motifs is 1. The fourth-order valence-electron chi connectivity index (χ4n) is 3.10. The summed E-state index contributed by atoms with van der Waals surface area (Å²) < 4.78 is 29.2. The number of hydrogen-bond donors (Lipinski definition) is 1. The van der Waals surface area contributed by atoms with E-state index in [-0.39, 0.29) is 11.8 Å². The summed E-state index contributed by atoms with van der Waals surface area (Å²) in [5.74, 6) is -0.767. The van der Waals surface area contributed by atoms with Crippen LogP contribution in [0, 0.1) is 6.92 Å². The number of hydrogen-bond acceptors (Lipinski definition) is 5. The highest BCUT2D eigenvalue weighted by molar-refractivity contribution is 7.91. The summed E-state index contributed by atoms with van der Waals surface area (Å²) in [6, 6.07) is 9.41. The van der Waals surface area contributed by atoms with Gasteiger partial charge in [-0.05, 0) is 37.3 Å². The number of aromatic nitrogens is 1. The summed E-state index contributed by atoms with van der Waals surface area (Å²) in [5.41, 5.74) is 2.62. The van der Waals surface area contributed by atoms with E-state index in [9.17, 15) is 13.2 Å². The molecular weight excluding hydrogens is 328 g/mol.